The molecule has 1 aromatic heterocycles. The third-order valence-corrected chi connectivity index (χ3v) is 5.24. The lowest BCUT2D eigenvalue weighted by Crippen LogP contribution is -1.94. The number of halogens is 2. The normalized spacial score (nSPS) is 11.1. The predicted molar refractivity (Wildman–Crippen MR) is 125 cm³/mol. The molecular formula is C25H18Cl2N2O2. The third-order valence-electron chi connectivity index (χ3n) is 4.74. The number of ether oxygens (including phenoxy) is 1. The fourth-order valence-electron chi connectivity index (χ4n) is 3.08. The minimum atomic E-state index is -0.114. The van der Waals surface area contributed by atoms with Gasteiger partial charge in [-0.05, 0) is 84.9 Å². The van der Waals surface area contributed by atoms with Gasteiger partial charge in [0, 0.05) is 32.9 Å². The van der Waals surface area contributed by atoms with Crippen LogP contribution in [0.25, 0.3) is 23.0 Å². The molecule has 0 bridgehead atoms. The summed E-state index contributed by atoms with van der Waals surface area (Å²) in [5, 5.41) is 5.99. The standard InChI is InChI=1S/C25H18Cl2N2O2/c1-31-23-13-4-18(5-14-23)25-19(6-15-24(30)17-2-7-20(26)8-3-17)16-29(28-25)22-11-9-21(27)10-12-22/h2-16H,1H3/b15-6-. The molecule has 31 heavy (non-hydrogen) atoms. The molecule has 0 atom stereocenters. The first-order valence-corrected chi connectivity index (χ1v) is 10.3. The average Bonchev–Trinajstić information content (AvgIpc) is 3.22. The lowest BCUT2D eigenvalue weighted by molar-refractivity contribution is 0.104. The summed E-state index contributed by atoms with van der Waals surface area (Å²) in [6.45, 7) is 0. The van der Waals surface area contributed by atoms with E-state index in [1.165, 1.54) is 0 Å². The van der Waals surface area contributed by atoms with E-state index in [2.05, 4.69) is 0 Å². The summed E-state index contributed by atoms with van der Waals surface area (Å²) in [5.74, 6) is 0.646. The zero-order chi connectivity index (χ0) is 21.8. The van der Waals surface area contributed by atoms with Crippen LogP contribution in [0.2, 0.25) is 10.0 Å². The van der Waals surface area contributed by atoms with Crippen molar-refractivity contribution in [1.29, 1.82) is 0 Å². The number of methoxy groups -OCH3 is 1. The Morgan fingerprint density at radius 2 is 1.52 bits per heavy atom. The summed E-state index contributed by atoms with van der Waals surface area (Å²) in [4.78, 5) is 12.6. The number of hydrogen-bond donors (Lipinski definition) is 0. The number of ketones is 1. The van der Waals surface area contributed by atoms with Crippen molar-refractivity contribution in [1.82, 2.24) is 9.78 Å². The number of nitrogens with zero attached hydrogens (tertiary/aromatic N) is 2. The second kappa shape index (κ2) is 9.21. The molecule has 1 heterocycles. The van der Waals surface area contributed by atoms with Gasteiger partial charge in [0.1, 0.15) is 5.75 Å². The Morgan fingerprint density at radius 3 is 2.13 bits per heavy atom. The van der Waals surface area contributed by atoms with E-state index in [0.29, 0.717) is 15.6 Å². The zero-order valence-corrected chi connectivity index (χ0v) is 18.1. The molecule has 0 radical (unpaired) electrons. The van der Waals surface area contributed by atoms with Crippen LogP contribution in [0.4, 0.5) is 0 Å². The molecule has 3 aromatic carbocycles. The maximum atomic E-state index is 12.6. The lowest BCUT2D eigenvalue weighted by atomic mass is 10.1. The van der Waals surface area contributed by atoms with Crippen LogP contribution in [0.5, 0.6) is 5.75 Å². The first kappa shape index (κ1) is 20.9. The van der Waals surface area contributed by atoms with Gasteiger partial charge in [0.05, 0.1) is 18.5 Å². The van der Waals surface area contributed by atoms with Crippen molar-refractivity contribution in [2.75, 3.05) is 7.11 Å². The highest BCUT2D eigenvalue weighted by molar-refractivity contribution is 6.31. The Balaban J connectivity index is 1.72. The van der Waals surface area contributed by atoms with E-state index in [-0.39, 0.29) is 5.78 Å². The highest BCUT2D eigenvalue weighted by atomic mass is 35.5. The van der Waals surface area contributed by atoms with Gasteiger partial charge in [-0.1, -0.05) is 23.2 Å². The highest BCUT2D eigenvalue weighted by Crippen LogP contribution is 2.27. The Kier molecular flexibility index (Phi) is 6.21. The topological polar surface area (TPSA) is 44.1 Å². The Labute approximate surface area is 190 Å². The van der Waals surface area contributed by atoms with Gasteiger partial charge < -0.3 is 4.74 Å². The second-order valence-corrected chi connectivity index (χ2v) is 7.66. The molecule has 0 amide bonds. The van der Waals surface area contributed by atoms with Gasteiger partial charge in [0.15, 0.2) is 5.78 Å². The molecule has 0 unspecified atom stereocenters. The maximum absolute atomic E-state index is 12.6. The SMILES string of the molecule is COc1ccc(-c2nn(-c3ccc(Cl)cc3)cc2/C=C\C(=O)c2ccc(Cl)cc2)cc1. The van der Waals surface area contributed by atoms with Gasteiger partial charge in [-0.25, -0.2) is 4.68 Å². The van der Waals surface area contributed by atoms with Gasteiger partial charge in [0.25, 0.3) is 0 Å². The van der Waals surface area contributed by atoms with E-state index in [9.17, 15) is 4.79 Å². The van der Waals surface area contributed by atoms with Crippen molar-refractivity contribution in [2.45, 2.75) is 0 Å². The molecule has 0 fully saturated rings. The van der Waals surface area contributed by atoms with E-state index < -0.39 is 0 Å². The van der Waals surface area contributed by atoms with Crippen molar-refractivity contribution < 1.29 is 9.53 Å². The molecule has 0 aliphatic carbocycles. The Bertz CT molecular complexity index is 1230. The van der Waals surface area contributed by atoms with Crippen molar-refractivity contribution in [2.24, 2.45) is 0 Å². The molecule has 0 N–H and O–H groups in total. The van der Waals surface area contributed by atoms with Crippen LogP contribution in [0.1, 0.15) is 15.9 Å². The van der Waals surface area contributed by atoms with Crippen LogP contribution in [-0.4, -0.2) is 22.7 Å². The van der Waals surface area contributed by atoms with Crippen LogP contribution < -0.4 is 4.74 Å². The van der Waals surface area contributed by atoms with E-state index in [4.69, 9.17) is 33.0 Å². The molecule has 0 aliphatic heterocycles. The number of carbonyl (C=O) groups excluding carboxylic acids is 1. The fourth-order valence-corrected chi connectivity index (χ4v) is 3.34. The van der Waals surface area contributed by atoms with Crippen LogP contribution in [0.3, 0.4) is 0 Å². The molecule has 6 heteroatoms. The summed E-state index contributed by atoms with van der Waals surface area (Å²) in [7, 11) is 1.63. The molecule has 0 saturated heterocycles. The number of allylic oxidation sites excluding steroid dienone is 1. The van der Waals surface area contributed by atoms with Crippen molar-refractivity contribution in [3.63, 3.8) is 0 Å². The third kappa shape index (κ3) is 4.88. The van der Waals surface area contributed by atoms with Crippen LogP contribution in [0, 0.1) is 0 Å². The van der Waals surface area contributed by atoms with Crippen molar-refractivity contribution >= 4 is 35.1 Å². The zero-order valence-electron chi connectivity index (χ0n) is 16.6. The van der Waals surface area contributed by atoms with Crippen LogP contribution in [0.15, 0.2) is 85.1 Å². The van der Waals surface area contributed by atoms with Crippen LogP contribution in [-0.2, 0) is 0 Å². The predicted octanol–water partition coefficient (Wildman–Crippen LogP) is 6.75. The Hall–Kier alpha value is -3.34. The summed E-state index contributed by atoms with van der Waals surface area (Å²) < 4.78 is 7.02. The largest absolute Gasteiger partial charge is 0.497 e. The van der Waals surface area contributed by atoms with E-state index in [0.717, 1.165) is 28.3 Å². The number of hydrogen-bond acceptors (Lipinski definition) is 3. The number of carbonyl (C=O) groups is 1. The first-order valence-electron chi connectivity index (χ1n) is 9.51. The maximum Gasteiger partial charge on any atom is 0.185 e. The number of aromatic nitrogens is 2. The average molecular weight is 449 g/mol. The van der Waals surface area contributed by atoms with E-state index in [1.54, 1.807) is 48.2 Å². The molecule has 154 valence electrons. The smallest absolute Gasteiger partial charge is 0.185 e. The molecule has 0 saturated carbocycles. The van der Waals surface area contributed by atoms with Crippen molar-refractivity contribution in [3.8, 4) is 22.7 Å². The van der Waals surface area contributed by atoms with Gasteiger partial charge in [-0.15, -0.1) is 0 Å². The molecular weight excluding hydrogens is 431 g/mol. The summed E-state index contributed by atoms with van der Waals surface area (Å²) in [5.41, 5.74) is 3.90. The summed E-state index contributed by atoms with van der Waals surface area (Å²) in [6.07, 6.45) is 5.20. The summed E-state index contributed by atoms with van der Waals surface area (Å²) in [6, 6.07) is 21.8. The van der Waals surface area contributed by atoms with Gasteiger partial charge >= 0.3 is 0 Å². The quantitative estimate of drug-likeness (QED) is 0.242. The molecule has 4 aromatic rings. The first-order chi connectivity index (χ1) is 15.0. The van der Waals surface area contributed by atoms with E-state index in [1.807, 2.05) is 54.7 Å². The van der Waals surface area contributed by atoms with Gasteiger partial charge in [-0.2, -0.15) is 5.10 Å². The lowest BCUT2D eigenvalue weighted by Gasteiger charge is -2.03. The molecule has 0 aliphatic rings. The fraction of sp³-hybridized carbons (Fsp3) is 0.0400. The monoisotopic (exact) mass is 448 g/mol. The second-order valence-electron chi connectivity index (χ2n) is 6.79. The molecule has 4 nitrogen and oxygen atoms in total. The van der Waals surface area contributed by atoms with Crippen LogP contribution >= 0.6 is 23.2 Å². The van der Waals surface area contributed by atoms with Gasteiger partial charge in [-0.3, -0.25) is 4.79 Å². The minimum Gasteiger partial charge on any atom is -0.497 e. The number of benzene rings is 3. The minimum absolute atomic E-state index is 0.114. The van der Waals surface area contributed by atoms with Gasteiger partial charge in [0.2, 0.25) is 0 Å². The summed E-state index contributed by atoms with van der Waals surface area (Å²) >= 11 is 11.9. The molecule has 0 spiro atoms. The number of rotatable bonds is 6. The van der Waals surface area contributed by atoms with E-state index >= 15 is 0 Å². The molecule has 4 rings (SSSR count). The Morgan fingerprint density at radius 1 is 0.903 bits per heavy atom. The van der Waals surface area contributed by atoms with Crippen molar-refractivity contribution in [3.05, 3.63) is 106 Å². The highest BCUT2D eigenvalue weighted by Gasteiger charge is 2.12.